The Labute approximate surface area is 114 Å². The van der Waals surface area contributed by atoms with E-state index in [4.69, 9.17) is 15.2 Å². The minimum Gasteiger partial charge on any atom is -0.489 e. The first-order chi connectivity index (χ1) is 9.11. The van der Waals surface area contributed by atoms with E-state index in [-0.39, 0.29) is 6.10 Å². The van der Waals surface area contributed by atoms with Crippen LogP contribution in [-0.4, -0.2) is 38.9 Å². The van der Waals surface area contributed by atoms with Gasteiger partial charge in [0.25, 0.3) is 0 Å². The van der Waals surface area contributed by atoms with Crippen LogP contribution in [0.2, 0.25) is 0 Å². The highest BCUT2D eigenvalue weighted by Crippen LogP contribution is 2.13. The topological polar surface area (TPSA) is 68.9 Å². The number of nitrogens with two attached hydrogens (primary N) is 1. The predicted molar refractivity (Wildman–Crippen MR) is 77.6 cm³/mol. The van der Waals surface area contributed by atoms with Crippen LogP contribution in [0.1, 0.15) is 12.5 Å². The number of nitrogens with one attached hydrogen (secondary N) is 1. The molecule has 0 saturated heterocycles. The lowest BCUT2D eigenvalue weighted by atomic mass is 10.2. The summed E-state index contributed by atoms with van der Waals surface area (Å²) in [5.74, 6) is 1.26. The second-order valence-electron chi connectivity index (χ2n) is 4.39. The molecule has 0 spiro atoms. The van der Waals surface area contributed by atoms with Gasteiger partial charge < -0.3 is 20.5 Å². The molecular weight excluding hydrogens is 242 g/mol. The molecule has 1 rings (SSSR count). The molecule has 1 aromatic rings. The number of nitrogens with zero attached hydrogens (tertiary/aromatic N) is 1. The summed E-state index contributed by atoms with van der Waals surface area (Å²) in [6.07, 6.45) is -0.0227. The molecule has 1 aromatic carbocycles. The molecule has 19 heavy (non-hydrogen) atoms. The van der Waals surface area contributed by atoms with Gasteiger partial charge in [0.2, 0.25) is 0 Å². The van der Waals surface area contributed by atoms with Crippen molar-refractivity contribution in [2.24, 2.45) is 10.7 Å². The Morgan fingerprint density at radius 2 is 2.05 bits per heavy atom. The van der Waals surface area contributed by atoms with Crippen LogP contribution in [0, 0.1) is 6.92 Å². The molecule has 0 aliphatic carbocycles. The highest BCUT2D eigenvalue weighted by molar-refractivity contribution is 5.77. The van der Waals surface area contributed by atoms with Crippen molar-refractivity contribution in [3.63, 3.8) is 0 Å². The first kappa shape index (κ1) is 15.3. The average molecular weight is 265 g/mol. The lowest BCUT2D eigenvalue weighted by molar-refractivity contribution is 0.203. The summed E-state index contributed by atoms with van der Waals surface area (Å²) in [4.78, 5) is 4.21. The van der Waals surface area contributed by atoms with E-state index in [2.05, 4.69) is 10.3 Å². The number of benzene rings is 1. The summed E-state index contributed by atoms with van der Waals surface area (Å²) in [7, 11) is 1.65. The van der Waals surface area contributed by atoms with Crippen molar-refractivity contribution < 1.29 is 9.47 Å². The molecule has 0 bridgehead atoms. The van der Waals surface area contributed by atoms with E-state index in [9.17, 15) is 0 Å². The molecule has 0 aliphatic heterocycles. The number of hydrogen-bond donors (Lipinski definition) is 2. The summed E-state index contributed by atoms with van der Waals surface area (Å²) >= 11 is 0. The third-order valence-corrected chi connectivity index (χ3v) is 2.49. The molecule has 0 aliphatic rings. The van der Waals surface area contributed by atoms with Crippen molar-refractivity contribution in [1.29, 1.82) is 0 Å². The van der Waals surface area contributed by atoms with Gasteiger partial charge in [0.05, 0.1) is 13.2 Å². The van der Waals surface area contributed by atoms with Gasteiger partial charge in [0.1, 0.15) is 11.9 Å². The van der Waals surface area contributed by atoms with Crippen LogP contribution < -0.4 is 15.8 Å². The zero-order chi connectivity index (χ0) is 14.1. The van der Waals surface area contributed by atoms with Gasteiger partial charge in [-0.05, 0) is 26.0 Å². The number of guanidine groups is 1. The molecule has 5 nitrogen and oxygen atoms in total. The quantitative estimate of drug-likeness (QED) is 0.443. The minimum absolute atomic E-state index is 0.0227. The van der Waals surface area contributed by atoms with Crippen molar-refractivity contribution in [1.82, 2.24) is 5.32 Å². The molecule has 106 valence electrons. The first-order valence-electron chi connectivity index (χ1n) is 6.38. The Morgan fingerprint density at radius 1 is 1.37 bits per heavy atom. The van der Waals surface area contributed by atoms with Gasteiger partial charge in [-0.1, -0.05) is 17.7 Å². The largest absolute Gasteiger partial charge is 0.489 e. The number of hydrogen-bond acceptors (Lipinski definition) is 3. The Hall–Kier alpha value is -1.75. The van der Waals surface area contributed by atoms with Crippen LogP contribution in [0.15, 0.2) is 29.3 Å². The Kier molecular flexibility index (Phi) is 6.74. The van der Waals surface area contributed by atoms with Gasteiger partial charge in [-0.15, -0.1) is 0 Å². The second kappa shape index (κ2) is 8.37. The Morgan fingerprint density at radius 3 is 2.68 bits per heavy atom. The van der Waals surface area contributed by atoms with Crippen LogP contribution in [0.4, 0.5) is 0 Å². The molecule has 0 amide bonds. The van der Waals surface area contributed by atoms with E-state index in [1.165, 1.54) is 5.56 Å². The van der Waals surface area contributed by atoms with Gasteiger partial charge in [0.15, 0.2) is 5.96 Å². The highest BCUT2D eigenvalue weighted by Gasteiger charge is 2.03. The summed E-state index contributed by atoms with van der Waals surface area (Å²) in [5, 5.41) is 2.96. The fraction of sp³-hybridized carbons (Fsp3) is 0.500. The van der Waals surface area contributed by atoms with Gasteiger partial charge in [-0.2, -0.15) is 0 Å². The number of aliphatic imine (C=N–C) groups is 1. The molecule has 1 atom stereocenters. The molecule has 0 fully saturated rings. The lowest BCUT2D eigenvalue weighted by Gasteiger charge is -2.13. The van der Waals surface area contributed by atoms with Gasteiger partial charge in [0, 0.05) is 13.7 Å². The standard InChI is InChI=1S/C14H23N3O2/c1-11-4-6-13(7-5-11)19-12(2)10-17-14(15)16-8-9-18-3/h4-7,12H,8-10H2,1-3H3,(H3,15,16,17). The molecule has 0 saturated carbocycles. The van der Waals surface area contributed by atoms with E-state index in [0.717, 1.165) is 5.75 Å². The van der Waals surface area contributed by atoms with Crippen LogP contribution in [0.3, 0.4) is 0 Å². The number of rotatable bonds is 7. The highest BCUT2D eigenvalue weighted by atomic mass is 16.5. The number of methoxy groups -OCH3 is 1. The maximum atomic E-state index is 5.73. The number of ether oxygens (including phenoxy) is 2. The predicted octanol–water partition coefficient (Wildman–Crippen LogP) is 1.31. The van der Waals surface area contributed by atoms with Crippen molar-refractivity contribution >= 4 is 5.96 Å². The van der Waals surface area contributed by atoms with Crippen LogP contribution in [0.25, 0.3) is 0 Å². The van der Waals surface area contributed by atoms with Crippen molar-refractivity contribution in [2.45, 2.75) is 20.0 Å². The lowest BCUT2D eigenvalue weighted by Crippen LogP contribution is -2.35. The first-order valence-corrected chi connectivity index (χ1v) is 6.38. The van der Waals surface area contributed by atoms with Gasteiger partial charge >= 0.3 is 0 Å². The molecular formula is C14H23N3O2. The SMILES string of the molecule is COCCNC(N)=NCC(C)Oc1ccc(C)cc1. The van der Waals surface area contributed by atoms with E-state index in [1.807, 2.05) is 38.1 Å². The summed E-state index contributed by atoms with van der Waals surface area (Å²) in [6, 6.07) is 7.95. The maximum absolute atomic E-state index is 5.73. The third-order valence-electron chi connectivity index (χ3n) is 2.49. The smallest absolute Gasteiger partial charge is 0.188 e. The number of aryl methyl sites for hydroxylation is 1. The summed E-state index contributed by atoms with van der Waals surface area (Å²) < 4.78 is 10.6. The molecule has 1 unspecified atom stereocenters. The van der Waals surface area contributed by atoms with Crippen molar-refractivity contribution in [3.05, 3.63) is 29.8 Å². The van der Waals surface area contributed by atoms with Gasteiger partial charge in [-0.3, -0.25) is 0 Å². The van der Waals surface area contributed by atoms with E-state index >= 15 is 0 Å². The van der Waals surface area contributed by atoms with E-state index in [0.29, 0.717) is 25.7 Å². The molecule has 0 aromatic heterocycles. The second-order valence-corrected chi connectivity index (χ2v) is 4.39. The van der Waals surface area contributed by atoms with E-state index < -0.39 is 0 Å². The summed E-state index contributed by atoms with van der Waals surface area (Å²) in [6.45, 7) is 5.78. The maximum Gasteiger partial charge on any atom is 0.188 e. The summed E-state index contributed by atoms with van der Waals surface area (Å²) in [5.41, 5.74) is 6.92. The monoisotopic (exact) mass is 265 g/mol. The zero-order valence-electron chi connectivity index (χ0n) is 11.8. The van der Waals surface area contributed by atoms with Crippen molar-refractivity contribution in [3.8, 4) is 5.75 Å². The minimum atomic E-state index is -0.0227. The fourth-order valence-corrected chi connectivity index (χ4v) is 1.45. The van der Waals surface area contributed by atoms with Crippen molar-refractivity contribution in [2.75, 3.05) is 26.8 Å². The fourth-order valence-electron chi connectivity index (χ4n) is 1.45. The third kappa shape index (κ3) is 6.67. The van der Waals surface area contributed by atoms with Gasteiger partial charge in [-0.25, -0.2) is 4.99 Å². The molecule has 0 radical (unpaired) electrons. The molecule has 5 heteroatoms. The van der Waals surface area contributed by atoms with Crippen LogP contribution in [-0.2, 0) is 4.74 Å². The average Bonchev–Trinajstić information content (AvgIpc) is 2.39. The Bertz CT molecular complexity index is 390. The molecule has 3 N–H and O–H groups in total. The zero-order valence-corrected chi connectivity index (χ0v) is 11.8. The molecule has 0 heterocycles. The van der Waals surface area contributed by atoms with E-state index in [1.54, 1.807) is 7.11 Å². The van der Waals surface area contributed by atoms with Crippen LogP contribution >= 0.6 is 0 Å². The Balaban J connectivity index is 2.32. The normalized spacial score (nSPS) is 13.1. The van der Waals surface area contributed by atoms with Crippen LogP contribution in [0.5, 0.6) is 5.75 Å².